The van der Waals surface area contributed by atoms with Gasteiger partial charge in [-0.15, -0.1) is 0 Å². The van der Waals surface area contributed by atoms with Gasteiger partial charge in [0.25, 0.3) is 0 Å². The Balaban J connectivity index is 1.79. The van der Waals surface area contributed by atoms with E-state index in [1.54, 1.807) is 26.6 Å². The number of ether oxygens (including phenoxy) is 2. The molecule has 0 unspecified atom stereocenters. The van der Waals surface area contributed by atoms with E-state index < -0.39 is 0 Å². The van der Waals surface area contributed by atoms with Crippen LogP contribution in [0.3, 0.4) is 0 Å². The predicted octanol–water partition coefficient (Wildman–Crippen LogP) is 2.67. The first-order valence-electron chi connectivity index (χ1n) is 8.43. The normalized spacial score (nSPS) is 11.0. The second-order valence-electron chi connectivity index (χ2n) is 6.21. The molecule has 8 nitrogen and oxygen atoms in total. The van der Waals surface area contributed by atoms with E-state index in [-0.39, 0.29) is 5.95 Å². The molecule has 8 heteroatoms. The van der Waals surface area contributed by atoms with Crippen LogP contribution in [0.25, 0.3) is 11.5 Å². The number of hydrogen-bond acceptors (Lipinski definition) is 8. The molecule has 3 aromatic rings. The standard InChI is InChI=1S/C19H23N5O3/c1-12-16(11-24(2)10-13-8-21-19(20)22-9-13)23-18(27-12)15-7-14(25-3)5-6-17(15)26-4/h5-9H,10-11H2,1-4H3,(H2,20,21,22). The molecule has 0 radical (unpaired) electrons. The van der Waals surface area contributed by atoms with E-state index in [4.69, 9.17) is 19.6 Å². The zero-order chi connectivity index (χ0) is 19.4. The second-order valence-corrected chi connectivity index (χ2v) is 6.21. The lowest BCUT2D eigenvalue weighted by atomic mass is 10.2. The Kier molecular flexibility index (Phi) is 5.56. The van der Waals surface area contributed by atoms with Crippen molar-refractivity contribution in [2.45, 2.75) is 20.0 Å². The van der Waals surface area contributed by atoms with Crippen LogP contribution in [0.1, 0.15) is 17.0 Å². The first-order chi connectivity index (χ1) is 13.0. The highest BCUT2D eigenvalue weighted by Crippen LogP contribution is 2.34. The fourth-order valence-corrected chi connectivity index (χ4v) is 2.74. The molecule has 0 aliphatic carbocycles. The van der Waals surface area contributed by atoms with Crippen molar-refractivity contribution in [3.8, 4) is 23.0 Å². The number of nitrogens with zero attached hydrogens (tertiary/aromatic N) is 4. The van der Waals surface area contributed by atoms with Gasteiger partial charge in [0.2, 0.25) is 11.8 Å². The fourth-order valence-electron chi connectivity index (χ4n) is 2.74. The van der Waals surface area contributed by atoms with Gasteiger partial charge in [0.15, 0.2) is 0 Å². The van der Waals surface area contributed by atoms with Crippen LogP contribution < -0.4 is 15.2 Å². The van der Waals surface area contributed by atoms with Crippen molar-refractivity contribution in [3.63, 3.8) is 0 Å². The lowest BCUT2D eigenvalue weighted by Crippen LogP contribution is -2.18. The van der Waals surface area contributed by atoms with E-state index in [1.165, 1.54) is 0 Å². The van der Waals surface area contributed by atoms with Crippen molar-refractivity contribution in [2.75, 3.05) is 27.0 Å². The van der Waals surface area contributed by atoms with Crippen LogP contribution in [0.2, 0.25) is 0 Å². The molecule has 0 atom stereocenters. The molecule has 0 fully saturated rings. The molecular formula is C19H23N5O3. The van der Waals surface area contributed by atoms with Crippen LogP contribution in [-0.2, 0) is 13.1 Å². The van der Waals surface area contributed by atoms with Gasteiger partial charge in [0.05, 0.1) is 25.5 Å². The Bertz CT molecular complexity index is 908. The number of oxazole rings is 1. The molecule has 0 aliphatic rings. The molecule has 0 spiro atoms. The zero-order valence-electron chi connectivity index (χ0n) is 15.9. The lowest BCUT2D eigenvalue weighted by Gasteiger charge is -2.15. The number of hydrogen-bond donors (Lipinski definition) is 1. The van der Waals surface area contributed by atoms with Crippen LogP contribution in [0.5, 0.6) is 11.5 Å². The number of nitrogens with two attached hydrogens (primary N) is 1. The average Bonchev–Trinajstić information content (AvgIpc) is 3.03. The molecule has 0 aliphatic heterocycles. The molecule has 142 valence electrons. The Labute approximate surface area is 158 Å². The third-order valence-electron chi connectivity index (χ3n) is 4.13. The summed E-state index contributed by atoms with van der Waals surface area (Å²) in [4.78, 5) is 14.8. The van der Waals surface area contributed by atoms with Gasteiger partial charge in [0, 0.05) is 31.0 Å². The summed E-state index contributed by atoms with van der Waals surface area (Å²) >= 11 is 0. The van der Waals surface area contributed by atoms with Crippen molar-refractivity contribution >= 4 is 5.95 Å². The number of aryl methyl sites for hydroxylation is 1. The van der Waals surface area contributed by atoms with Gasteiger partial charge < -0.3 is 19.6 Å². The van der Waals surface area contributed by atoms with E-state index in [0.29, 0.717) is 30.5 Å². The molecule has 0 saturated heterocycles. The third kappa shape index (κ3) is 4.35. The molecule has 0 saturated carbocycles. The highest BCUT2D eigenvalue weighted by atomic mass is 16.5. The van der Waals surface area contributed by atoms with Crippen molar-refractivity contribution in [2.24, 2.45) is 0 Å². The maximum absolute atomic E-state index is 5.89. The van der Waals surface area contributed by atoms with Crippen molar-refractivity contribution in [1.29, 1.82) is 0 Å². The predicted molar refractivity (Wildman–Crippen MR) is 101 cm³/mol. The van der Waals surface area contributed by atoms with Gasteiger partial charge >= 0.3 is 0 Å². The molecule has 0 amide bonds. The van der Waals surface area contributed by atoms with E-state index in [1.807, 2.05) is 32.2 Å². The fraction of sp³-hybridized carbons (Fsp3) is 0.316. The summed E-state index contributed by atoms with van der Waals surface area (Å²) in [6, 6.07) is 5.52. The van der Waals surface area contributed by atoms with E-state index >= 15 is 0 Å². The van der Waals surface area contributed by atoms with E-state index in [2.05, 4.69) is 19.9 Å². The molecule has 1 aromatic carbocycles. The van der Waals surface area contributed by atoms with Gasteiger partial charge in [0.1, 0.15) is 17.3 Å². The van der Waals surface area contributed by atoms with Crippen molar-refractivity contribution in [1.82, 2.24) is 19.9 Å². The molecular weight excluding hydrogens is 346 g/mol. The first-order valence-corrected chi connectivity index (χ1v) is 8.43. The van der Waals surface area contributed by atoms with Crippen LogP contribution in [0, 0.1) is 6.92 Å². The Morgan fingerprint density at radius 3 is 2.52 bits per heavy atom. The quantitative estimate of drug-likeness (QED) is 0.678. The summed E-state index contributed by atoms with van der Waals surface area (Å²) in [6.45, 7) is 3.19. The average molecular weight is 369 g/mol. The summed E-state index contributed by atoms with van der Waals surface area (Å²) in [7, 11) is 5.23. The SMILES string of the molecule is COc1ccc(OC)c(-c2nc(CN(C)Cc3cnc(N)nc3)c(C)o2)c1. The largest absolute Gasteiger partial charge is 0.497 e. The summed E-state index contributed by atoms with van der Waals surface area (Å²) in [6.07, 6.45) is 3.45. The monoisotopic (exact) mass is 369 g/mol. The van der Waals surface area contributed by atoms with Crippen molar-refractivity contribution < 1.29 is 13.9 Å². The topological polar surface area (TPSA) is 99.5 Å². The summed E-state index contributed by atoms with van der Waals surface area (Å²) in [5.41, 5.74) is 8.11. The number of nitrogen functional groups attached to an aromatic ring is 1. The van der Waals surface area contributed by atoms with E-state index in [0.717, 1.165) is 22.6 Å². The van der Waals surface area contributed by atoms with Gasteiger partial charge in [-0.2, -0.15) is 0 Å². The second kappa shape index (κ2) is 8.05. The summed E-state index contributed by atoms with van der Waals surface area (Å²) < 4.78 is 16.6. The number of anilines is 1. The van der Waals surface area contributed by atoms with Crippen LogP contribution in [0.4, 0.5) is 5.95 Å². The lowest BCUT2D eigenvalue weighted by molar-refractivity contribution is 0.312. The minimum absolute atomic E-state index is 0.269. The van der Waals surface area contributed by atoms with Gasteiger partial charge in [-0.1, -0.05) is 0 Å². The molecule has 3 rings (SSSR count). The maximum atomic E-state index is 5.89. The van der Waals surface area contributed by atoms with Gasteiger partial charge in [-0.05, 0) is 32.2 Å². The first kappa shape index (κ1) is 18.7. The van der Waals surface area contributed by atoms with Crippen LogP contribution in [-0.4, -0.2) is 41.1 Å². The summed E-state index contributed by atoms with van der Waals surface area (Å²) in [5.74, 6) is 2.92. The number of methoxy groups -OCH3 is 2. The van der Waals surface area contributed by atoms with Crippen molar-refractivity contribution in [3.05, 3.63) is 47.6 Å². The Morgan fingerprint density at radius 1 is 1.11 bits per heavy atom. The van der Waals surface area contributed by atoms with Gasteiger partial charge in [-0.3, -0.25) is 4.90 Å². The third-order valence-corrected chi connectivity index (χ3v) is 4.13. The number of benzene rings is 1. The number of rotatable bonds is 7. The number of aromatic nitrogens is 3. The Hall–Kier alpha value is -3.13. The molecule has 27 heavy (non-hydrogen) atoms. The van der Waals surface area contributed by atoms with E-state index in [9.17, 15) is 0 Å². The molecule has 2 aromatic heterocycles. The van der Waals surface area contributed by atoms with Gasteiger partial charge in [-0.25, -0.2) is 15.0 Å². The summed E-state index contributed by atoms with van der Waals surface area (Å²) in [5, 5.41) is 0. The molecule has 0 bridgehead atoms. The minimum atomic E-state index is 0.269. The smallest absolute Gasteiger partial charge is 0.230 e. The molecule has 2 N–H and O–H groups in total. The highest BCUT2D eigenvalue weighted by molar-refractivity contribution is 5.65. The Morgan fingerprint density at radius 2 is 1.85 bits per heavy atom. The van der Waals surface area contributed by atoms with Crippen LogP contribution in [0.15, 0.2) is 35.0 Å². The van der Waals surface area contributed by atoms with Crippen LogP contribution >= 0.6 is 0 Å². The minimum Gasteiger partial charge on any atom is -0.497 e. The maximum Gasteiger partial charge on any atom is 0.230 e. The zero-order valence-corrected chi connectivity index (χ0v) is 15.9. The molecule has 2 heterocycles. The highest BCUT2D eigenvalue weighted by Gasteiger charge is 2.17.